The summed E-state index contributed by atoms with van der Waals surface area (Å²) in [6.45, 7) is 3.24. The van der Waals surface area contributed by atoms with Gasteiger partial charge in [-0.25, -0.2) is 4.98 Å². The molecule has 1 unspecified atom stereocenters. The van der Waals surface area contributed by atoms with Crippen LogP contribution in [0.2, 0.25) is 0 Å². The van der Waals surface area contributed by atoms with Crippen molar-refractivity contribution >= 4 is 11.8 Å². The highest BCUT2D eigenvalue weighted by Gasteiger charge is 2.23. The number of thioether (sulfide) groups is 1. The van der Waals surface area contributed by atoms with Crippen molar-refractivity contribution in [2.24, 2.45) is 5.92 Å². The minimum absolute atomic E-state index is 0.621. The quantitative estimate of drug-likeness (QED) is 0.766. The second kappa shape index (κ2) is 7.01. The Hall–Kier alpha value is -0.550. The maximum Gasteiger partial charge on any atom is 0.183 e. The van der Waals surface area contributed by atoms with Crippen LogP contribution in [0.3, 0.4) is 0 Å². The van der Waals surface area contributed by atoms with E-state index in [1.165, 1.54) is 32.1 Å². The van der Waals surface area contributed by atoms with Gasteiger partial charge in [-0.2, -0.15) is 5.10 Å². The largest absolute Gasteiger partial charge is 0.313 e. The maximum absolute atomic E-state index is 4.16. The normalized spacial score (nSPS) is 19.4. The first-order valence-corrected chi connectivity index (χ1v) is 7.60. The van der Waals surface area contributed by atoms with Gasteiger partial charge in [-0.15, -0.1) is 0 Å². The number of aromatic amines is 1. The summed E-state index contributed by atoms with van der Waals surface area (Å²) in [6, 6.07) is 0.621. The number of nitrogens with one attached hydrogen (secondary N) is 2. The topological polar surface area (TPSA) is 53.6 Å². The van der Waals surface area contributed by atoms with E-state index in [2.05, 4.69) is 27.4 Å². The Labute approximate surface area is 107 Å². The van der Waals surface area contributed by atoms with Crippen LogP contribution in [-0.4, -0.2) is 33.5 Å². The highest BCUT2D eigenvalue weighted by molar-refractivity contribution is 7.99. The molecule has 1 aliphatic carbocycles. The number of nitrogens with zero attached hydrogens (tertiary/aromatic N) is 2. The van der Waals surface area contributed by atoms with E-state index >= 15 is 0 Å². The molecule has 96 valence electrons. The lowest BCUT2D eigenvalue weighted by atomic mass is 9.84. The summed E-state index contributed by atoms with van der Waals surface area (Å²) in [5, 5.41) is 11.4. The van der Waals surface area contributed by atoms with Gasteiger partial charge in [0, 0.05) is 11.8 Å². The van der Waals surface area contributed by atoms with Crippen LogP contribution in [-0.2, 0) is 0 Å². The lowest BCUT2D eigenvalue weighted by Crippen LogP contribution is -2.39. The van der Waals surface area contributed by atoms with Gasteiger partial charge in [-0.1, -0.05) is 37.9 Å². The van der Waals surface area contributed by atoms with E-state index in [1.54, 1.807) is 18.1 Å². The molecule has 2 rings (SSSR count). The van der Waals surface area contributed by atoms with Crippen molar-refractivity contribution in [3.63, 3.8) is 0 Å². The smallest absolute Gasteiger partial charge is 0.183 e. The molecule has 0 radical (unpaired) electrons. The number of hydrogen-bond acceptors (Lipinski definition) is 4. The number of aromatic nitrogens is 3. The first kappa shape index (κ1) is 12.9. The molecular formula is C12H22N4S. The second-order valence-corrected chi connectivity index (χ2v) is 5.67. The highest BCUT2D eigenvalue weighted by atomic mass is 32.2. The number of hydrogen-bond donors (Lipinski definition) is 2. The molecule has 4 nitrogen and oxygen atoms in total. The van der Waals surface area contributed by atoms with Gasteiger partial charge in [0.05, 0.1) is 0 Å². The summed E-state index contributed by atoms with van der Waals surface area (Å²) in [5.74, 6) is 1.94. The molecule has 5 heteroatoms. The molecule has 0 spiro atoms. The minimum atomic E-state index is 0.621. The van der Waals surface area contributed by atoms with Crippen molar-refractivity contribution in [1.29, 1.82) is 0 Å². The molecule has 1 heterocycles. The number of rotatable bonds is 6. The Morgan fingerprint density at radius 1 is 1.47 bits per heavy atom. The van der Waals surface area contributed by atoms with Crippen LogP contribution in [0.1, 0.15) is 39.0 Å². The van der Waals surface area contributed by atoms with Crippen molar-refractivity contribution in [3.8, 4) is 0 Å². The molecule has 2 N–H and O–H groups in total. The van der Waals surface area contributed by atoms with E-state index < -0.39 is 0 Å². The predicted molar refractivity (Wildman–Crippen MR) is 71.1 cm³/mol. The Kier molecular flexibility index (Phi) is 5.32. The Balaban J connectivity index is 1.82. The van der Waals surface area contributed by atoms with Gasteiger partial charge >= 0.3 is 0 Å². The second-order valence-electron chi connectivity index (χ2n) is 4.66. The summed E-state index contributed by atoms with van der Waals surface area (Å²) in [4.78, 5) is 4.16. The fourth-order valence-electron chi connectivity index (χ4n) is 2.59. The lowest BCUT2D eigenvalue weighted by molar-refractivity contribution is 0.288. The van der Waals surface area contributed by atoms with E-state index in [9.17, 15) is 0 Å². The van der Waals surface area contributed by atoms with Crippen LogP contribution >= 0.6 is 11.8 Å². The van der Waals surface area contributed by atoms with Gasteiger partial charge in [0.2, 0.25) is 0 Å². The minimum Gasteiger partial charge on any atom is -0.313 e. The van der Waals surface area contributed by atoms with E-state index in [0.717, 1.165) is 23.4 Å². The summed E-state index contributed by atoms with van der Waals surface area (Å²) in [5.41, 5.74) is 0. The van der Waals surface area contributed by atoms with Crippen LogP contribution in [0.4, 0.5) is 0 Å². The molecular weight excluding hydrogens is 232 g/mol. The Morgan fingerprint density at radius 2 is 2.29 bits per heavy atom. The molecule has 1 fully saturated rings. The monoisotopic (exact) mass is 254 g/mol. The third kappa shape index (κ3) is 4.00. The Bertz CT molecular complexity index is 295. The summed E-state index contributed by atoms with van der Waals surface area (Å²) < 4.78 is 0. The van der Waals surface area contributed by atoms with E-state index in [1.807, 2.05) is 0 Å². The molecule has 1 aromatic heterocycles. The molecule has 1 atom stereocenters. The molecule has 1 saturated carbocycles. The van der Waals surface area contributed by atoms with Crippen molar-refractivity contribution in [2.75, 3.05) is 12.3 Å². The molecule has 1 aromatic rings. The van der Waals surface area contributed by atoms with Crippen molar-refractivity contribution in [1.82, 2.24) is 20.5 Å². The van der Waals surface area contributed by atoms with Gasteiger partial charge in [-0.05, 0) is 25.3 Å². The van der Waals surface area contributed by atoms with Gasteiger partial charge < -0.3 is 5.32 Å². The zero-order chi connectivity index (χ0) is 11.9. The van der Waals surface area contributed by atoms with Crippen LogP contribution in [0, 0.1) is 5.92 Å². The van der Waals surface area contributed by atoms with Gasteiger partial charge in [0.1, 0.15) is 6.33 Å². The van der Waals surface area contributed by atoms with Crippen LogP contribution in [0.15, 0.2) is 11.5 Å². The third-order valence-electron chi connectivity index (χ3n) is 3.48. The molecule has 1 aliphatic rings. The van der Waals surface area contributed by atoms with E-state index in [0.29, 0.717) is 6.04 Å². The maximum atomic E-state index is 4.16. The van der Waals surface area contributed by atoms with Crippen LogP contribution in [0.5, 0.6) is 0 Å². The van der Waals surface area contributed by atoms with E-state index in [4.69, 9.17) is 0 Å². The zero-order valence-corrected chi connectivity index (χ0v) is 11.3. The first-order chi connectivity index (χ1) is 8.40. The molecule has 17 heavy (non-hydrogen) atoms. The molecule has 0 amide bonds. The lowest BCUT2D eigenvalue weighted by Gasteiger charge is -2.30. The SMILES string of the molecule is CCNC(CSc1ncn[nH]1)C1CCCCC1. The molecule has 0 bridgehead atoms. The average molecular weight is 254 g/mol. The van der Waals surface area contributed by atoms with Gasteiger partial charge in [-0.3, -0.25) is 5.10 Å². The standard InChI is InChI=1S/C12H22N4S/c1-2-13-11(10-6-4-3-5-7-10)8-17-12-14-9-15-16-12/h9-11,13H,2-8H2,1H3,(H,14,15,16). The van der Waals surface area contributed by atoms with Crippen molar-refractivity contribution in [2.45, 2.75) is 50.2 Å². The van der Waals surface area contributed by atoms with Gasteiger partial charge in [0.15, 0.2) is 5.16 Å². The zero-order valence-electron chi connectivity index (χ0n) is 10.5. The third-order valence-corrected chi connectivity index (χ3v) is 4.47. The fourth-order valence-corrected chi connectivity index (χ4v) is 3.56. The van der Waals surface area contributed by atoms with Crippen molar-refractivity contribution in [3.05, 3.63) is 6.33 Å². The van der Waals surface area contributed by atoms with Gasteiger partial charge in [0.25, 0.3) is 0 Å². The van der Waals surface area contributed by atoms with E-state index in [-0.39, 0.29) is 0 Å². The fraction of sp³-hybridized carbons (Fsp3) is 0.833. The highest BCUT2D eigenvalue weighted by Crippen LogP contribution is 2.28. The summed E-state index contributed by atoms with van der Waals surface area (Å²) >= 11 is 1.78. The molecule has 0 saturated heterocycles. The Morgan fingerprint density at radius 3 is 2.94 bits per heavy atom. The van der Waals surface area contributed by atoms with Crippen LogP contribution < -0.4 is 5.32 Å². The summed E-state index contributed by atoms with van der Waals surface area (Å²) in [6.07, 6.45) is 8.57. The average Bonchev–Trinajstić information content (AvgIpc) is 2.88. The molecule has 0 aromatic carbocycles. The summed E-state index contributed by atoms with van der Waals surface area (Å²) in [7, 11) is 0. The molecule has 0 aliphatic heterocycles. The van der Waals surface area contributed by atoms with Crippen LogP contribution in [0.25, 0.3) is 0 Å². The first-order valence-electron chi connectivity index (χ1n) is 6.61. The van der Waals surface area contributed by atoms with Crippen molar-refractivity contribution < 1.29 is 0 Å². The number of H-pyrrole nitrogens is 1. The predicted octanol–water partition coefficient (Wildman–Crippen LogP) is 2.46.